The third-order valence-corrected chi connectivity index (χ3v) is 10.5. The number of hydrogen-bond acceptors (Lipinski definition) is 9. The Morgan fingerprint density at radius 3 is 2.23 bits per heavy atom. The Kier molecular flexibility index (Phi) is 9.14. The molecule has 0 spiro atoms. The van der Waals surface area contributed by atoms with Crippen LogP contribution in [0.3, 0.4) is 0 Å². The monoisotopic (exact) mass is 717 g/mol. The third kappa shape index (κ3) is 6.62. The van der Waals surface area contributed by atoms with E-state index >= 15 is 0 Å². The summed E-state index contributed by atoms with van der Waals surface area (Å²) in [6.45, 7) is 4.45. The van der Waals surface area contributed by atoms with E-state index in [1.165, 1.54) is 18.9 Å². The molecule has 1 atom stereocenters. The Morgan fingerprint density at radius 1 is 0.906 bits per heavy atom. The summed E-state index contributed by atoms with van der Waals surface area (Å²) in [5.41, 5.74) is 8.99. The zero-order chi connectivity index (χ0) is 36.8. The van der Waals surface area contributed by atoms with E-state index in [1.54, 1.807) is 11.0 Å². The molecular formula is C41H37F2N5O5. The van der Waals surface area contributed by atoms with Crippen LogP contribution in [0.1, 0.15) is 53.5 Å². The normalized spacial score (nSPS) is 16.6. The van der Waals surface area contributed by atoms with E-state index in [1.807, 2.05) is 62.4 Å². The maximum atomic E-state index is 13.5. The molecule has 0 aliphatic carbocycles. The molecule has 2 aromatic heterocycles. The first kappa shape index (κ1) is 34.4. The van der Waals surface area contributed by atoms with Gasteiger partial charge in [0.25, 0.3) is 0 Å². The molecule has 0 bridgehead atoms. The number of fused-ring (bicyclic) bond motifs is 2. The van der Waals surface area contributed by atoms with Crippen LogP contribution in [0, 0.1) is 25.2 Å². The van der Waals surface area contributed by atoms with Crippen molar-refractivity contribution >= 4 is 28.2 Å². The number of nitriles is 1. The summed E-state index contributed by atoms with van der Waals surface area (Å²) in [5, 5.41) is 19.6. The Balaban J connectivity index is 1.13. The SMILES string of the molecule is Cc1c(-c2nc3cc(CN4CCC[C@@H]4C(=O)O)c(OC(F)F)cc3o2)cccc1-c1cccc(-c2nc3cc(CN4CCCC4)cc(C#N)c3o2)c1C. The van der Waals surface area contributed by atoms with Gasteiger partial charge in [0.2, 0.25) is 11.8 Å². The van der Waals surface area contributed by atoms with Crippen molar-refractivity contribution in [2.45, 2.75) is 65.3 Å². The maximum Gasteiger partial charge on any atom is 0.387 e. The molecule has 8 rings (SSSR count). The lowest BCUT2D eigenvalue weighted by molar-refractivity contribution is -0.142. The second-order valence-electron chi connectivity index (χ2n) is 13.9. The van der Waals surface area contributed by atoms with E-state index in [0.29, 0.717) is 58.9 Å². The Labute approximate surface area is 304 Å². The quantitative estimate of drug-likeness (QED) is 0.147. The number of likely N-dealkylation sites (tertiary alicyclic amines) is 2. The van der Waals surface area contributed by atoms with Crippen molar-refractivity contribution in [3.63, 3.8) is 0 Å². The number of rotatable bonds is 10. The van der Waals surface area contributed by atoms with Crippen molar-refractivity contribution in [3.05, 3.63) is 88.5 Å². The van der Waals surface area contributed by atoms with Crippen LogP contribution in [0.5, 0.6) is 5.75 Å². The molecule has 10 nitrogen and oxygen atoms in total. The highest BCUT2D eigenvalue weighted by atomic mass is 19.3. The van der Waals surface area contributed by atoms with Gasteiger partial charge in [-0.05, 0) is 117 Å². The predicted molar refractivity (Wildman–Crippen MR) is 194 cm³/mol. The highest BCUT2D eigenvalue weighted by molar-refractivity contribution is 5.86. The van der Waals surface area contributed by atoms with Crippen LogP contribution < -0.4 is 4.74 Å². The first-order valence-electron chi connectivity index (χ1n) is 17.8. The molecule has 4 aromatic carbocycles. The van der Waals surface area contributed by atoms with Crippen LogP contribution >= 0.6 is 0 Å². The van der Waals surface area contributed by atoms with E-state index in [0.717, 1.165) is 58.6 Å². The zero-order valence-corrected chi connectivity index (χ0v) is 29.4. The number of alkyl halides is 2. The van der Waals surface area contributed by atoms with Gasteiger partial charge in [0.1, 0.15) is 28.9 Å². The number of ether oxygens (including phenoxy) is 1. The van der Waals surface area contributed by atoms with Crippen molar-refractivity contribution in [3.8, 4) is 45.9 Å². The molecule has 2 saturated heterocycles. The second-order valence-corrected chi connectivity index (χ2v) is 13.9. The number of nitrogens with zero attached hydrogens (tertiary/aromatic N) is 5. The average Bonchev–Trinajstić information content (AvgIpc) is 3.96. The van der Waals surface area contributed by atoms with Crippen LogP contribution in [-0.2, 0) is 17.9 Å². The Bertz CT molecular complexity index is 2410. The summed E-state index contributed by atoms with van der Waals surface area (Å²) < 4.78 is 44.3. The smallest absolute Gasteiger partial charge is 0.387 e. The minimum atomic E-state index is -3.07. The fourth-order valence-electron chi connectivity index (χ4n) is 7.85. The van der Waals surface area contributed by atoms with Crippen LogP contribution in [0.25, 0.3) is 56.2 Å². The van der Waals surface area contributed by atoms with Crippen molar-refractivity contribution in [1.29, 1.82) is 5.26 Å². The van der Waals surface area contributed by atoms with E-state index in [4.69, 9.17) is 23.5 Å². The summed E-state index contributed by atoms with van der Waals surface area (Å²) in [4.78, 5) is 25.5. The molecule has 6 aromatic rings. The molecule has 1 N–H and O–H groups in total. The third-order valence-electron chi connectivity index (χ3n) is 10.5. The van der Waals surface area contributed by atoms with Gasteiger partial charge >= 0.3 is 12.6 Å². The number of aliphatic carboxylic acids is 1. The van der Waals surface area contributed by atoms with Gasteiger partial charge in [0, 0.05) is 35.8 Å². The molecule has 2 aliphatic heterocycles. The number of oxazole rings is 2. The summed E-state index contributed by atoms with van der Waals surface area (Å²) in [5.74, 6) is -0.273. The molecule has 0 radical (unpaired) electrons. The summed E-state index contributed by atoms with van der Waals surface area (Å²) in [7, 11) is 0. The molecule has 2 fully saturated rings. The fraction of sp³-hybridized carbons (Fsp3) is 0.317. The van der Waals surface area contributed by atoms with Crippen LogP contribution in [0.2, 0.25) is 0 Å². The number of hydrogen-bond donors (Lipinski definition) is 1. The van der Waals surface area contributed by atoms with Crippen molar-refractivity contribution in [2.75, 3.05) is 19.6 Å². The van der Waals surface area contributed by atoms with Crippen LogP contribution in [-0.4, -0.2) is 63.1 Å². The van der Waals surface area contributed by atoms with E-state index in [2.05, 4.69) is 11.0 Å². The molecule has 0 unspecified atom stereocenters. The van der Waals surface area contributed by atoms with Gasteiger partial charge < -0.3 is 18.7 Å². The lowest BCUT2D eigenvalue weighted by Crippen LogP contribution is -2.35. The second kappa shape index (κ2) is 14.1. The minimum Gasteiger partial charge on any atom is -0.480 e. The summed E-state index contributed by atoms with van der Waals surface area (Å²) in [6, 6.07) is 20.3. The van der Waals surface area contributed by atoms with Crippen molar-refractivity contribution < 1.29 is 32.3 Å². The number of carbonyl (C=O) groups is 1. The molecular weight excluding hydrogens is 680 g/mol. The predicted octanol–water partition coefficient (Wildman–Crippen LogP) is 8.70. The average molecular weight is 718 g/mol. The Hall–Kier alpha value is -5.64. The molecule has 2 aliphatic rings. The first-order chi connectivity index (χ1) is 25.7. The fourth-order valence-corrected chi connectivity index (χ4v) is 7.85. The number of halogens is 2. The van der Waals surface area contributed by atoms with Gasteiger partial charge in [-0.3, -0.25) is 14.6 Å². The number of carboxylic acids is 1. The molecule has 0 saturated carbocycles. The number of benzene rings is 4. The minimum absolute atomic E-state index is 0.0759. The number of carboxylic acid groups (broad SMARTS) is 1. The van der Waals surface area contributed by atoms with E-state index in [-0.39, 0.29) is 17.9 Å². The first-order valence-corrected chi connectivity index (χ1v) is 17.8. The highest BCUT2D eigenvalue weighted by Crippen LogP contribution is 2.39. The molecule has 4 heterocycles. The lowest BCUT2D eigenvalue weighted by Gasteiger charge is -2.22. The summed E-state index contributed by atoms with van der Waals surface area (Å²) in [6.07, 6.45) is 3.57. The van der Waals surface area contributed by atoms with Gasteiger partial charge in [0.15, 0.2) is 11.2 Å². The Morgan fingerprint density at radius 2 is 1.57 bits per heavy atom. The molecule has 12 heteroatoms. The lowest BCUT2D eigenvalue weighted by atomic mass is 9.91. The van der Waals surface area contributed by atoms with Crippen molar-refractivity contribution in [1.82, 2.24) is 19.8 Å². The highest BCUT2D eigenvalue weighted by Gasteiger charge is 2.31. The van der Waals surface area contributed by atoms with Crippen LogP contribution in [0.4, 0.5) is 8.78 Å². The molecule has 0 amide bonds. The van der Waals surface area contributed by atoms with Gasteiger partial charge in [-0.2, -0.15) is 14.0 Å². The standard InChI is InChI=1S/C41H37F2N5O5/c1-23-28(29-9-6-11-31(24(29)2)39-46-33-17-25(21-47-13-3-4-14-47)16-26(20-44)37(33)53-39)8-5-10-30(23)38-45-32-18-27(22-48-15-7-12-34(48)40(49)50)35(52-41(42)43)19-36(32)51-38/h5-6,8-11,16-19,34,41H,3-4,7,12-15,21-22H2,1-2H3,(H,49,50)/t34-/m1/s1. The topological polar surface area (TPSA) is 129 Å². The van der Waals surface area contributed by atoms with Gasteiger partial charge in [-0.25, -0.2) is 9.97 Å². The van der Waals surface area contributed by atoms with Gasteiger partial charge in [-0.15, -0.1) is 0 Å². The zero-order valence-electron chi connectivity index (χ0n) is 29.4. The molecule has 270 valence electrons. The summed E-state index contributed by atoms with van der Waals surface area (Å²) >= 11 is 0. The molecule has 53 heavy (non-hydrogen) atoms. The largest absolute Gasteiger partial charge is 0.480 e. The van der Waals surface area contributed by atoms with Gasteiger partial charge in [0.05, 0.1) is 5.56 Å². The van der Waals surface area contributed by atoms with E-state index in [9.17, 15) is 23.9 Å². The number of aromatic nitrogens is 2. The van der Waals surface area contributed by atoms with Crippen molar-refractivity contribution in [2.24, 2.45) is 0 Å². The maximum absolute atomic E-state index is 13.5. The van der Waals surface area contributed by atoms with Gasteiger partial charge in [-0.1, -0.05) is 24.3 Å². The van der Waals surface area contributed by atoms with E-state index < -0.39 is 18.6 Å². The van der Waals surface area contributed by atoms with Crippen LogP contribution in [0.15, 0.2) is 69.5 Å².